The Hall–Kier alpha value is -3.15. The van der Waals surface area contributed by atoms with Gasteiger partial charge in [-0.3, -0.25) is 4.79 Å². The number of carbonyl (C=O) groups excluding carboxylic acids is 1. The molecule has 3 aromatic rings. The number of nitrogens with zero attached hydrogens (tertiary/aromatic N) is 2. The summed E-state index contributed by atoms with van der Waals surface area (Å²) in [4.78, 5) is 16.0. The van der Waals surface area contributed by atoms with Crippen molar-refractivity contribution in [3.8, 4) is 22.7 Å². The number of likely N-dealkylation sites (tertiary alicyclic amines) is 1. The molecule has 1 aliphatic carbocycles. The largest absolute Gasteiger partial charge is 0.497 e. The van der Waals surface area contributed by atoms with Crippen molar-refractivity contribution in [2.45, 2.75) is 53.0 Å². The van der Waals surface area contributed by atoms with E-state index >= 15 is 0 Å². The molecule has 0 radical (unpaired) electrons. The van der Waals surface area contributed by atoms with Gasteiger partial charge in [-0.2, -0.15) is 0 Å². The van der Waals surface area contributed by atoms with Gasteiger partial charge in [0.25, 0.3) is 5.91 Å². The molecule has 2 atom stereocenters. The van der Waals surface area contributed by atoms with Crippen molar-refractivity contribution >= 4 is 5.91 Å². The van der Waals surface area contributed by atoms with Crippen LogP contribution in [0.15, 0.2) is 48.5 Å². The maximum absolute atomic E-state index is 15.0. The lowest BCUT2D eigenvalue weighted by atomic mass is 9.65. The van der Waals surface area contributed by atoms with E-state index in [2.05, 4.69) is 20.8 Å². The quantitative estimate of drug-likeness (QED) is 0.414. The predicted octanol–water partition coefficient (Wildman–Crippen LogP) is 6.78. The molecule has 2 heterocycles. The minimum absolute atomic E-state index is 0.0232. The maximum atomic E-state index is 15.0. The van der Waals surface area contributed by atoms with E-state index in [9.17, 15) is 13.6 Å². The third kappa shape index (κ3) is 4.13. The molecule has 1 aliphatic heterocycles. The van der Waals surface area contributed by atoms with Crippen LogP contribution in [0.1, 0.15) is 56.1 Å². The van der Waals surface area contributed by atoms with E-state index in [1.54, 1.807) is 11.7 Å². The van der Waals surface area contributed by atoms with Gasteiger partial charge in [-0.1, -0.05) is 20.8 Å². The molecule has 2 aromatic carbocycles. The molecule has 1 saturated heterocycles. The van der Waals surface area contributed by atoms with Crippen molar-refractivity contribution in [3.63, 3.8) is 0 Å². The number of halogens is 2. The van der Waals surface area contributed by atoms with Gasteiger partial charge in [0.15, 0.2) is 0 Å². The Labute approximate surface area is 205 Å². The zero-order valence-electron chi connectivity index (χ0n) is 21.0. The molecule has 2 unspecified atom stereocenters. The lowest BCUT2D eigenvalue weighted by Crippen LogP contribution is -2.37. The number of ether oxygens (including phenoxy) is 1. The summed E-state index contributed by atoms with van der Waals surface area (Å²) in [6.07, 6.45) is 3.09. The molecule has 2 fully saturated rings. The van der Waals surface area contributed by atoms with Crippen LogP contribution in [0.25, 0.3) is 16.9 Å². The summed E-state index contributed by atoms with van der Waals surface area (Å²) in [7, 11) is 1.60. The summed E-state index contributed by atoms with van der Waals surface area (Å²) >= 11 is 0. The molecule has 5 rings (SSSR count). The average molecular weight is 479 g/mol. The Bertz CT molecular complexity index is 1290. The van der Waals surface area contributed by atoms with Crippen molar-refractivity contribution < 1.29 is 18.3 Å². The van der Waals surface area contributed by atoms with E-state index < -0.39 is 11.6 Å². The van der Waals surface area contributed by atoms with Crippen molar-refractivity contribution in [1.82, 2.24) is 9.47 Å². The Kier molecular flexibility index (Phi) is 5.53. The molecule has 1 amide bonds. The van der Waals surface area contributed by atoms with Crippen LogP contribution >= 0.6 is 0 Å². The van der Waals surface area contributed by atoms with Crippen LogP contribution in [0.2, 0.25) is 0 Å². The lowest BCUT2D eigenvalue weighted by Gasteiger charge is -2.39. The van der Waals surface area contributed by atoms with E-state index in [0.29, 0.717) is 22.7 Å². The summed E-state index contributed by atoms with van der Waals surface area (Å²) < 4.78 is 35.7. The second kappa shape index (κ2) is 8.21. The second-order valence-electron chi connectivity index (χ2n) is 11.3. The van der Waals surface area contributed by atoms with Crippen LogP contribution < -0.4 is 4.74 Å². The van der Waals surface area contributed by atoms with Crippen molar-refractivity contribution in [1.29, 1.82) is 0 Å². The number of hydrogen-bond donors (Lipinski definition) is 0. The number of aromatic nitrogens is 1. The van der Waals surface area contributed by atoms with Crippen LogP contribution in [-0.2, 0) is 0 Å². The molecule has 0 spiro atoms. The molecular formula is C29H32F2N2O2. The van der Waals surface area contributed by atoms with Gasteiger partial charge in [0.1, 0.15) is 17.4 Å². The Morgan fingerprint density at radius 1 is 1.03 bits per heavy atom. The highest BCUT2D eigenvalue weighted by molar-refractivity contribution is 5.98. The van der Waals surface area contributed by atoms with Crippen LogP contribution in [0.5, 0.6) is 5.75 Å². The van der Waals surface area contributed by atoms with E-state index in [-0.39, 0.29) is 28.5 Å². The smallest absolute Gasteiger partial charge is 0.255 e. The van der Waals surface area contributed by atoms with Gasteiger partial charge < -0.3 is 14.2 Å². The number of rotatable bonds is 4. The standard InChI is InChI=1S/C29H32F2N2O2/c1-18-23(27(34)32-17-29(4)15-21(32)14-28(2,3)16-29)13-26(19-6-9-22(35-5)10-7-19)33(18)25-11-8-20(30)12-24(25)31/h6-13,21H,14-17H2,1-5H3. The SMILES string of the molecule is COc1ccc(-c2cc(C(=O)N3CC4(C)CC3CC(C)(C)C4)c(C)n2-c2ccc(F)cc2F)cc1. The molecule has 6 heteroatoms. The first kappa shape index (κ1) is 23.6. The summed E-state index contributed by atoms with van der Waals surface area (Å²) in [5.41, 5.74) is 3.19. The molecule has 1 saturated carbocycles. The Morgan fingerprint density at radius 3 is 2.40 bits per heavy atom. The highest BCUT2D eigenvalue weighted by Gasteiger charge is 2.51. The van der Waals surface area contributed by atoms with Gasteiger partial charge in [-0.25, -0.2) is 8.78 Å². The fourth-order valence-electron chi connectivity index (χ4n) is 6.62. The topological polar surface area (TPSA) is 34.5 Å². The predicted molar refractivity (Wildman–Crippen MR) is 133 cm³/mol. The van der Waals surface area contributed by atoms with Crippen molar-refractivity contribution in [2.75, 3.05) is 13.7 Å². The van der Waals surface area contributed by atoms with E-state index in [0.717, 1.165) is 37.4 Å². The number of benzene rings is 2. The van der Waals surface area contributed by atoms with Gasteiger partial charge in [-0.05, 0) is 85.0 Å². The Morgan fingerprint density at radius 2 is 1.74 bits per heavy atom. The molecule has 1 aromatic heterocycles. The fraction of sp³-hybridized carbons (Fsp3) is 0.414. The first-order valence-electron chi connectivity index (χ1n) is 12.1. The van der Waals surface area contributed by atoms with Crippen LogP contribution in [-0.4, -0.2) is 35.1 Å². The highest BCUT2D eigenvalue weighted by atomic mass is 19.1. The van der Waals surface area contributed by atoms with Gasteiger partial charge in [0, 0.05) is 24.3 Å². The summed E-state index contributed by atoms with van der Waals surface area (Å²) in [5.74, 6) is -0.639. The first-order valence-corrected chi connectivity index (χ1v) is 12.1. The number of methoxy groups -OCH3 is 1. The zero-order valence-corrected chi connectivity index (χ0v) is 21.0. The van der Waals surface area contributed by atoms with Crippen LogP contribution in [0.4, 0.5) is 8.78 Å². The minimum Gasteiger partial charge on any atom is -0.497 e. The summed E-state index contributed by atoms with van der Waals surface area (Å²) in [6.45, 7) is 9.41. The second-order valence-corrected chi connectivity index (χ2v) is 11.3. The third-order valence-electron chi connectivity index (χ3n) is 7.69. The van der Waals surface area contributed by atoms with Crippen molar-refractivity contribution in [2.24, 2.45) is 10.8 Å². The molecule has 4 nitrogen and oxygen atoms in total. The fourth-order valence-corrected chi connectivity index (χ4v) is 6.62. The van der Waals surface area contributed by atoms with E-state index in [4.69, 9.17) is 4.74 Å². The minimum atomic E-state index is -0.677. The number of amides is 1. The highest BCUT2D eigenvalue weighted by Crippen LogP contribution is 2.53. The molecular weight excluding hydrogens is 446 g/mol. The van der Waals surface area contributed by atoms with Gasteiger partial charge in [0.05, 0.1) is 24.1 Å². The summed E-state index contributed by atoms with van der Waals surface area (Å²) in [6, 6.07) is 13.0. The molecule has 2 bridgehead atoms. The molecule has 0 N–H and O–H groups in total. The van der Waals surface area contributed by atoms with Gasteiger partial charge in [0.2, 0.25) is 0 Å². The van der Waals surface area contributed by atoms with E-state index in [1.807, 2.05) is 42.2 Å². The number of hydrogen-bond acceptors (Lipinski definition) is 2. The average Bonchev–Trinajstić information content (AvgIpc) is 3.25. The zero-order chi connectivity index (χ0) is 25.1. The summed E-state index contributed by atoms with van der Waals surface area (Å²) in [5, 5.41) is 0. The van der Waals surface area contributed by atoms with Gasteiger partial charge in [-0.15, -0.1) is 0 Å². The van der Waals surface area contributed by atoms with E-state index in [1.165, 1.54) is 12.1 Å². The maximum Gasteiger partial charge on any atom is 0.255 e. The molecule has 2 aliphatic rings. The van der Waals surface area contributed by atoms with Crippen LogP contribution in [0.3, 0.4) is 0 Å². The number of carbonyl (C=O) groups is 1. The molecule has 184 valence electrons. The normalized spacial score (nSPS) is 22.9. The molecule has 35 heavy (non-hydrogen) atoms. The first-order chi connectivity index (χ1) is 16.5. The lowest BCUT2D eigenvalue weighted by molar-refractivity contribution is 0.0707. The number of fused-ring (bicyclic) bond motifs is 2. The third-order valence-corrected chi connectivity index (χ3v) is 7.69. The van der Waals surface area contributed by atoms with Crippen molar-refractivity contribution in [3.05, 3.63) is 71.4 Å². The Balaban J connectivity index is 1.62. The van der Waals surface area contributed by atoms with Crippen LogP contribution in [0, 0.1) is 29.4 Å². The van der Waals surface area contributed by atoms with Gasteiger partial charge >= 0.3 is 0 Å². The monoisotopic (exact) mass is 478 g/mol.